The third kappa shape index (κ3) is 7.02. The Kier molecular flexibility index (Phi) is 15.3. The fourth-order valence-electron chi connectivity index (χ4n) is 3.41. The molecule has 0 unspecified atom stereocenters. The Balaban J connectivity index is 0. The summed E-state index contributed by atoms with van der Waals surface area (Å²) >= 11 is 0. The smallest absolute Gasteiger partial charge is 0.106 e. The maximum Gasteiger partial charge on any atom is 0.106 e. The van der Waals surface area contributed by atoms with E-state index in [1.165, 1.54) is 16.7 Å². The average molecular weight is 536 g/mol. The zero-order valence-electron chi connectivity index (χ0n) is 17.7. The molecule has 2 aliphatic heterocycles. The van der Waals surface area contributed by atoms with E-state index in [9.17, 15) is 4.79 Å². The summed E-state index contributed by atoms with van der Waals surface area (Å²) < 4.78 is 11.0. The second kappa shape index (κ2) is 14.2. The maximum absolute atomic E-state index is 11.2. The van der Waals surface area contributed by atoms with Crippen molar-refractivity contribution in [3.63, 3.8) is 0 Å². The molecular weight excluding hydrogens is 512 g/mol. The van der Waals surface area contributed by atoms with Gasteiger partial charge in [-0.25, -0.2) is 0 Å². The summed E-state index contributed by atoms with van der Waals surface area (Å²) in [4.78, 5) is 11.2. The van der Waals surface area contributed by atoms with E-state index in [4.69, 9.17) is 9.47 Å². The van der Waals surface area contributed by atoms with Crippen molar-refractivity contribution >= 4 is 22.6 Å². The van der Waals surface area contributed by atoms with E-state index in [0.717, 1.165) is 54.1 Å². The Hall–Kier alpha value is 0.0477. The number of ketones is 1. The Labute approximate surface area is 229 Å². The molecule has 2 aliphatic rings. The molecule has 0 fully saturated rings. The molecule has 0 aliphatic carbocycles. The molecule has 0 bridgehead atoms. The number of hydrogen-bond acceptors (Lipinski definition) is 3. The summed E-state index contributed by atoms with van der Waals surface area (Å²) in [6, 6.07) is 10.2. The van der Waals surface area contributed by atoms with E-state index in [1.54, 1.807) is 13.0 Å². The van der Waals surface area contributed by atoms with Crippen LogP contribution in [-0.2, 0) is 84.7 Å². The summed E-state index contributed by atoms with van der Waals surface area (Å²) in [6.07, 6.45) is 3.01. The Morgan fingerprint density at radius 2 is 1.41 bits per heavy atom. The van der Waals surface area contributed by atoms with Gasteiger partial charge in [-0.1, -0.05) is 32.8 Å². The van der Waals surface area contributed by atoms with Crippen molar-refractivity contribution in [1.29, 1.82) is 0 Å². The maximum atomic E-state index is 11.2. The van der Waals surface area contributed by atoms with Gasteiger partial charge in [0.25, 0.3) is 0 Å². The zero-order valence-corrected chi connectivity index (χ0v) is 23.4. The standard InChI is InChI=1S/C11H11O2.C11H13O.2B.2Y/c1-7-10(8(2)12)4-3-9-5-6-13-11(7)9;1-3-9-4-5-10-6-7-12-11(10)8(9)2;;;;/h4H,5-6H2,1-2H3;4H,3,6-7H2,1-2H3;;;;/q2*-1;;;;. The minimum atomic E-state index is 0. The number of ether oxygens (including phenoxy) is 2. The number of hydrogen-bond donors (Lipinski definition) is 0. The van der Waals surface area contributed by atoms with E-state index in [2.05, 4.69) is 32.0 Å². The average Bonchev–Trinajstić information content (AvgIpc) is 3.25. The molecule has 29 heavy (non-hydrogen) atoms. The fraction of sp³-hybridized carbons (Fsp3) is 0.409. The molecule has 0 amide bonds. The molecule has 0 aromatic heterocycles. The summed E-state index contributed by atoms with van der Waals surface area (Å²) in [6.45, 7) is 9.34. The predicted molar refractivity (Wildman–Crippen MR) is 109 cm³/mol. The second-order valence-corrected chi connectivity index (χ2v) is 6.49. The van der Waals surface area contributed by atoms with Gasteiger partial charge in [-0.15, -0.1) is 27.8 Å². The topological polar surface area (TPSA) is 35.5 Å². The van der Waals surface area contributed by atoms with Gasteiger partial charge in [-0.2, -0.15) is 24.3 Å². The second-order valence-electron chi connectivity index (χ2n) is 6.49. The first-order valence-corrected chi connectivity index (χ1v) is 8.86. The van der Waals surface area contributed by atoms with Crippen LogP contribution < -0.4 is 9.47 Å². The zero-order chi connectivity index (χ0) is 18.0. The summed E-state index contributed by atoms with van der Waals surface area (Å²) in [5, 5.41) is 0. The van der Waals surface area contributed by atoms with Crippen LogP contribution in [0.4, 0.5) is 0 Å². The number of aryl methyl sites for hydroxylation is 1. The van der Waals surface area contributed by atoms with Crippen LogP contribution in [0.2, 0.25) is 0 Å². The Morgan fingerprint density at radius 1 is 0.931 bits per heavy atom. The third-order valence-corrected chi connectivity index (χ3v) is 4.88. The third-order valence-electron chi connectivity index (χ3n) is 4.88. The minimum absolute atomic E-state index is 0. The minimum Gasteiger partial charge on any atom is -0.550 e. The summed E-state index contributed by atoms with van der Waals surface area (Å²) in [5.41, 5.74) is 6.70. The van der Waals surface area contributed by atoms with Crippen LogP contribution in [-0.4, -0.2) is 35.8 Å². The van der Waals surface area contributed by atoms with Gasteiger partial charge >= 0.3 is 0 Å². The molecule has 8 radical (unpaired) electrons. The molecule has 2 aromatic carbocycles. The molecular formula is C22H24B2O3Y2-2. The molecule has 2 aromatic rings. The normalized spacial score (nSPS) is 12.0. The number of carbonyl (C=O) groups excluding carboxylic acids is 1. The Bertz CT molecular complexity index is 826. The van der Waals surface area contributed by atoms with Crippen LogP contribution in [0.25, 0.3) is 0 Å². The van der Waals surface area contributed by atoms with Gasteiger partial charge < -0.3 is 14.3 Å². The number of Topliss-reactive ketones (excluding diaryl/α,β-unsaturated/α-hetero) is 1. The van der Waals surface area contributed by atoms with Crippen LogP contribution in [0.5, 0.6) is 11.5 Å². The van der Waals surface area contributed by atoms with E-state index < -0.39 is 0 Å². The van der Waals surface area contributed by atoms with Crippen molar-refractivity contribution in [3.8, 4) is 11.5 Å². The van der Waals surface area contributed by atoms with Gasteiger partial charge in [0.2, 0.25) is 0 Å². The van der Waals surface area contributed by atoms with Crippen LogP contribution >= 0.6 is 0 Å². The molecule has 0 spiro atoms. The molecule has 144 valence electrons. The largest absolute Gasteiger partial charge is 0.550 e. The monoisotopic (exact) mass is 536 g/mol. The first kappa shape index (κ1) is 31.2. The van der Waals surface area contributed by atoms with E-state index in [0.29, 0.717) is 6.61 Å². The Morgan fingerprint density at radius 3 is 1.90 bits per heavy atom. The van der Waals surface area contributed by atoms with Crippen molar-refractivity contribution in [1.82, 2.24) is 0 Å². The molecule has 7 heteroatoms. The molecule has 0 saturated heterocycles. The van der Waals surface area contributed by atoms with Gasteiger partial charge in [0.1, 0.15) is 5.78 Å². The molecule has 4 rings (SSSR count). The van der Waals surface area contributed by atoms with Crippen LogP contribution in [0.1, 0.15) is 52.0 Å². The van der Waals surface area contributed by atoms with Gasteiger partial charge in [-0.05, 0) is 19.8 Å². The van der Waals surface area contributed by atoms with E-state index in [-0.39, 0.29) is 88.0 Å². The van der Waals surface area contributed by atoms with Crippen molar-refractivity contribution in [3.05, 3.63) is 57.6 Å². The van der Waals surface area contributed by atoms with Crippen LogP contribution in [0.15, 0.2) is 12.1 Å². The van der Waals surface area contributed by atoms with Crippen molar-refractivity contribution in [2.45, 2.75) is 47.0 Å². The number of rotatable bonds is 2. The number of carbonyl (C=O) groups is 1. The van der Waals surface area contributed by atoms with Gasteiger partial charge in [0.05, 0.1) is 13.2 Å². The van der Waals surface area contributed by atoms with Gasteiger partial charge in [0.15, 0.2) is 0 Å². The molecule has 3 nitrogen and oxygen atoms in total. The van der Waals surface area contributed by atoms with Crippen molar-refractivity contribution in [2.24, 2.45) is 0 Å². The van der Waals surface area contributed by atoms with Crippen molar-refractivity contribution < 1.29 is 79.7 Å². The first-order valence-electron chi connectivity index (χ1n) is 8.86. The van der Waals surface area contributed by atoms with Crippen LogP contribution in [0.3, 0.4) is 0 Å². The molecule has 0 N–H and O–H groups in total. The van der Waals surface area contributed by atoms with Gasteiger partial charge in [0, 0.05) is 93.7 Å². The van der Waals surface area contributed by atoms with Gasteiger partial charge in [-0.3, -0.25) is 0 Å². The van der Waals surface area contributed by atoms with E-state index in [1.807, 2.05) is 6.92 Å². The fourth-order valence-corrected chi connectivity index (χ4v) is 3.41. The molecule has 0 saturated carbocycles. The van der Waals surface area contributed by atoms with Crippen LogP contribution in [0, 0.1) is 26.0 Å². The number of benzene rings is 2. The number of fused-ring (bicyclic) bond motifs is 2. The first-order chi connectivity index (χ1) is 12.0. The van der Waals surface area contributed by atoms with E-state index >= 15 is 0 Å². The predicted octanol–water partition coefficient (Wildman–Crippen LogP) is 3.46. The summed E-state index contributed by atoms with van der Waals surface area (Å²) in [5.74, 6) is 2.04. The quantitative estimate of drug-likeness (QED) is 0.336. The molecule has 2 heterocycles. The summed E-state index contributed by atoms with van der Waals surface area (Å²) in [7, 11) is 0. The van der Waals surface area contributed by atoms with Crippen molar-refractivity contribution in [2.75, 3.05) is 13.2 Å². The SMILES string of the molecule is CC(=O)c1c[c-]c2c(c1C)OCC2.CCc1c[c-]c2c(c1C)OCC2.[B].[B].[Y].[Y]. The molecule has 0 atom stereocenters.